The molecule has 1 fully saturated rings. The Morgan fingerprint density at radius 3 is 2.19 bits per heavy atom. The van der Waals surface area contributed by atoms with Crippen molar-refractivity contribution in [3.8, 4) is 5.75 Å². The first-order chi connectivity index (χ1) is 9.71. The van der Waals surface area contributed by atoms with E-state index in [9.17, 15) is 0 Å². The quantitative estimate of drug-likeness (QED) is 0.823. The van der Waals surface area contributed by atoms with Gasteiger partial charge in [0.2, 0.25) is 0 Å². The largest absolute Gasteiger partial charge is 0.487 e. The molecule has 0 amide bonds. The van der Waals surface area contributed by atoms with Crippen LogP contribution in [0.25, 0.3) is 0 Å². The van der Waals surface area contributed by atoms with Crippen LogP contribution in [0.4, 0.5) is 0 Å². The van der Waals surface area contributed by atoms with Crippen molar-refractivity contribution in [2.24, 2.45) is 0 Å². The van der Waals surface area contributed by atoms with Crippen LogP contribution in [0.15, 0.2) is 12.1 Å². The highest BCUT2D eigenvalue weighted by Crippen LogP contribution is 2.40. The third-order valence-corrected chi connectivity index (χ3v) is 4.84. The Hall–Kier alpha value is -0.730. The van der Waals surface area contributed by atoms with Gasteiger partial charge in [-0.1, -0.05) is 11.6 Å². The van der Waals surface area contributed by atoms with Gasteiger partial charge in [0.1, 0.15) is 11.4 Å². The summed E-state index contributed by atoms with van der Waals surface area (Å²) in [7, 11) is 0. The van der Waals surface area contributed by atoms with Crippen molar-refractivity contribution < 1.29 is 4.74 Å². The smallest absolute Gasteiger partial charge is 0.120 e. The zero-order chi connectivity index (χ0) is 15.7. The van der Waals surface area contributed by atoms with Crippen molar-refractivity contribution in [1.29, 1.82) is 0 Å². The van der Waals surface area contributed by atoms with E-state index >= 15 is 0 Å². The molecule has 0 aromatic heterocycles. The predicted molar refractivity (Wildman–Crippen MR) is 90.5 cm³/mol. The third kappa shape index (κ3) is 4.37. The summed E-state index contributed by atoms with van der Waals surface area (Å²) < 4.78 is 6.37. The SMILES string of the molecule is Cc1cc(OC2(CCNC(C)(C)C)CCC2)cc(C)c1Cl. The Labute approximate surface area is 134 Å². The Morgan fingerprint density at radius 2 is 1.76 bits per heavy atom. The molecule has 0 spiro atoms. The molecule has 2 rings (SSSR count). The monoisotopic (exact) mass is 309 g/mol. The highest BCUT2D eigenvalue weighted by Gasteiger charge is 2.39. The van der Waals surface area contributed by atoms with E-state index in [-0.39, 0.29) is 11.1 Å². The molecular weight excluding hydrogens is 282 g/mol. The number of ether oxygens (including phenoxy) is 1. The van der Waals surface area contributed by atoms with Gasteiger partial charge in [0.05, 0.1) is 0 Å². The number of aryl methyl sites for hydroxylation is 2. The van der Waals surface area contributed by atoms with Crippen LogP contribution < -0.4 is 10.1 Å². The Balaban J connectivity index is 2.02. The average molecular weight is 310 g/mol. The molecule has 0 heterocycles. The lowest BCUT2D eigenvalue weighted by Crippen LogP contribution is -2.47. The summed E-state index contributed by atoms with van der Waals surface area (Å²) in [5.41, 5.74) is 2.37. The van der Waals surface area contributed by atoms with Crippen LogP contribution >= 0.6 is 11.6 Å². The maximum atomic E-state index is 6.37. The fourth-order valence-electron chi connectivity index (χ4n) is 2.85. The van der Waals surface area contributed by atoms with E-state index in [0.29, 0.717) is 0 Å². The second kappa shape index (κ2) is 6.18. The summed E-state index contributed by atoms with van der Waals surface area (Å²) in [5.74, 6) is 0.963. The molecule has 3 heteroatoms. The summed E-state index contributed by atoms with van der Waals surface area (Å²) in [6.45, 7) is 11.7. The molecule has 1 N–H and O–H groups in total. The van der Waals surface area contributed by atoms with Crippen LogP contribution in [-0.4, -0.2) is 17.7 Å². The molecule has 0 atom stereocenters. The van der Waals surface area contributed by atoms with E-state index < -0.39 is 0 Å². The van der Waals surface area contributed by atoms with Gasteiger partial charge in [0.25, 0.3) is 0 Å². The minimum absolute atomic E-state index is 0.0188. The van der Waals surface area contributed by atoms with Crippen molar-refractivity contribution in [2.45, 2.75) is 71.4 Å². The van der Waals surface area contributed by atoms with Crippen LogP contribution in [0, 0.1) is 13.8 Å². The fraction of sp³-hybridized carbons (Fsp3) is 0.667. The molecular formula is C18H28ClNO. The average Bonchev–Trinajstić information content (AvgIpc) is 2.31. The minimum Gasteiger partial charge on any atom is -0.487 e. The van der Waals surface area contributed by atoms with E-state index in [0.717, 1.165) is 47.7 Å². The molecule has 0 aliphatic heterocycles. The number of hydrogen-bond donors (Lipinski definition) is 1. The maximum Gasteiger partial charge on any atom is 0.120 e. The zero-order valence-electron chi connectivity index (χ0n) is 14.0. The molecule has 21 heavy (non-hydrogen) atoms. The Morgan fingerprint density at radius 1 is 1.19 bits per heavy atom. The van der Waals surface area contributed by atoms with E-state index in [1.807, 2.05) is 13.8 Å². The van der Waals surface area contributed by atoms with Crippen LogP contribution in [0.1, 0.15) is 57.6 Å². The molecule has 2 nitrogen and oxygen atoms in total. The zero-order valence-corrected chi connectivity index (χ0v) is 14.7. The first kappa shape index (κ1) is 16.6. The second-order valence-corrected chi connectivity index (χ2v) is 7.81. The minimum atomic E-state index is 0.0188. The normalized spacial score (nSPS) is 17.4. The van der Waals surface area contributed by atoms with Gasteiger partial charge in [0.15, 0.2) is 0 Å². The van der Waals surface area contributed by atoms with E-state index in [1.165, 1.54) is 6.42 Å². The van der Waals surface area contributed by atoms with Gasteiger partial charge in [-0.05, 0) is 90.1 Å². The van der Waals surface area contributed by atoms with Gasteiger partial charge < -0.3 is 10.1 Å². The van der Waals surface area contributed by atoms with Crippen LogP contribution in [0.5, 0.6) is 5.75 Å². The lowest BCUT2D eigenvalue weighted by molar-refractivity contribution is -0.0153. The highest BCUT2D eigenvalue weighted by molar-refractivity contribution is 6.32. The van der Waals surface area contributed by atoms with Gasteiger partial charge in [-0.3, -0.25) is 0 Å². The van der Waals surface area contributed by atoms with E-state index in [4.69, 9.17) is 16.3 Å². The molecule has 0 unspecified atom stereocenters. The van der Waals surface area contributed by atoms with Crippen molar-refractivity contribution >= 4 is 11.6 Å². The molecule has 118 valence electrons. The van der Waals surface area contributed by atoms with Gasteiger partial charge >= 0.3 is 0 Å². The summed E-state index contributed by atoms with van der Waals surface area (Å²) in [6, 6.07) is 4.12. The molecule has 0 radical (unpaired) electrons. The summed E-state index contributed by atoms with van der Waals surface area (Å²) in [5, 5.41) is 4.41. The molecule has 1 aliphatic carbocycles. The summed E-state index contributed by atoms with van der Waals surface area (Å²) >= 11 is 6.24. The number of nitrogens with one attached hydrogen (secondary N) is 1. The standard InChI is InChI=1S/C18H28ClNO/c1-13-11-15(12-14(2)16(13)19)21-18(7-6-8-18)9-10-20-17(3,4)5/h11-12,20H,6-10H2,1-5H3. The summed E-state index contributed by atoms with van der Waals surface area (Å²) in [6.07, 6.45) is 4.63. The highest BCUT2D eigenvalue weighted by atomic mass is 35.5. The van der Waals surface area contributed by atoms with E-state index in [2.05, 4.69) is 38.2 Å². The molecule has 1 aromatic rings. The number of hydrogen-bond acceptors (Lipinski definition) is 2. The number of rotatable bonds is 5. The van der Waals surface area contributed by atoms with Gasteiger partial charge in [-0.25, -0.2) is 0 Å². The first-order valence-corrected chi connectivity index (χ1v) is 8.29. The molecule has 1 saturated carbocycles. The van der Waals surface area contributed by atoms with Crippen molar-refractivity contribution in [3.63, 3.8) is 0 Å². The lowest BCUT2D eigenvalue weighted by Gasteiger charge is -2.43. The van der Waals surface area contributed by atoms with Crippen LogP contribution in [0.3, 0.4) is 0 Å². The topological polar surface area (TPSA) is 21.3 Å². The first-order valence-electron chi connectivity index (χ1n) is 7.92. The number of benzene rings is 1. The molecule has 1 aliphatic rings. The maximum absolute atomic E-state index is 6.37. The van der Waals surface area contributed by atoms with Crippen molar-refractivity contribution in [1.82, 2.24) is 5.32 Å². The number of halogens is 1. The van der Waals surface area contributed by atoms with Crippen LogP contribution in [0.2, 0.25) is 5.02 Å². The van der Waals surface area contributed by atoms with Crippen LogP contribution in [-0.2, 0) is 0 Å². The summed E-state index contributed by atoms with van der Waals surface area (Å²) in [4.78, 5) is 0. The van der Waals surface area contributed by atoms with Gasteiger partial charge in [0, 0.05) is 10.6 Å². The van der Waals surface area contributed by atoms with Crippen molar-refractivity contribution in [3.05, 3.63) is 28.3 Å². The molecule has 0 bridgehead atoms. The predicted octanol–water partition coefficient (Wildman–Crippen LogP) is 5.04. The Kier molecular flexibility index (Phi) is 4.89. The van der Waals surface area contributed by atoms with Gasteiger partial charge in [-0.2, -0.15) is 0 Å². The Bertz CT molecular complexity index is 477. The fourth-order valence-corrected chi connectivity index (χ4v) is 2.96. The molecule has 0 saturated heterocycles. The lowest BCUT2D eigenvalue weighted by atomic mass is 9.77. The third-order valence-electron chi connectivity index (χ3n) is 4.25. The van der Waals surface area contributed by atoms with E-state index in [1.54, 1.807) is 0 Å². The van der Waals surface area contributed by atoms with Crippen molar-refractivity contribution in [2.75, 3.05) is 6.54 Å². The second-order valence-electron chi connectivity index (χ2n) is 7.44. The van der Waals surface area contributed by atoms with Gasteiger partial charge in [-0.15, -0.1) is 0 Å². The molecule has 1 aromatic carbocycles.